The number of hydrogen-bond acceptors (Lipinski definition) is 4. The molecule has 1 fully saturated rings. The average molecular weight is 264 g/mol. The van der Waals surface area contributed by atoms with Crippen LogP contribution in [-0.4, -0.2) is 29.8 Å². The van der Waals surface area contributed by atoms with Crippen molar-refractivity contribution in [3.63, 3.8) is 0 Å². The summed E-state index contributed by atoms with van der Waals surface area (Å²) in [5, 5.41) is 12.1. The smallest absolute Gasteiger partial charge is 0.223 e. The quantitative estimate of drug-likeness (QED) is 0.671. The number of ether oxygens (including phenoxy) is 1. The minimum atomic E-state index is -0.381. The summed E-state index contributed by atoms with van der Waals surface area (Å²) in [6.45, 7) is 0.311. The monoisotopic (exact) mass is 264 g/mol. The first-order valence-electron chi connectivity index (χ1n) is 6.54. The SMILES string of the molecule is Nc1cccc(OCCC(=O)NC2(CO)CCC2)c1. The zero-order valence-electron chi connectivity index (χ0n) is 10.9. The summed E-state index contributed by atoms with van der Waals surface area (Å²) < 4.78 is 5.45. The summed E-state index contributed by atoms with van der Waals surface area (Å²) in [5.41, 5.74) is 5.88. The number of carbonyl (C=O) groups excluding carboxylic acids is 1. The number of anilines is 1. The van der Waals surface area contributed by atoms with E-state index < -0.39 is 0 Å². The van der Waals surface area contributed by atoms with Gasteiger partial charge in [0.05, 0.1) is 25.2 Å². The first kappa shape index (κ1) is 13.7. The number of rotatable bonds is 6. The van der Waals surface area contributed by atoms with Crippen LogP contribution in [0.5, 0.6) is 5.75 Å². The molecule has 5 heteroatoms. The molecular weight excluding hydrogens is 244 g/mol. The number of benzene rings is 1. The van der Waals surface area contributed by atoms with Gasteiger partial charge in [-0.25, -0.2) is 0 Å². The molecule has 1 aliphatic carbocycles. The van der Waals surface area contributed by atoms with Gasteiger partial charge in [0.15, 0.2) is 0 Å². The van der Waals surface area contributed by atoms with E-state index in [-0.39, 0.29) is 24.5 Å². The maximum absolute atomic E-state index is 11.7. The van der Waals surface area contributed by atoms with Gasteiger partial charge >= 0.3 is 0 Å². The fourth-order valence-electron chi connectivity index (χ4n) is 2.15. The zero-order valence-corrected chi connectivity index (χ0v) is 10.9. The molecule has 0 unspecified atom stereocenters. The standard InChI is InChI=1S/C14H20N2O3/c15-11-3-1-4-12(9-11)19-8-5-13(18)16-14(10-17)6-2-7-14/h1,3-4,9,17H,2,5-8,10,15H2,(H,16,18). The van der Waals surface area contributed by atoms with Gasteiger partial charge in [-0.1, -0.05) is 6.07 Å². The number of aliphatic hydroxyl groups excluding tert-OH is 1. The molecule has 1 aliphatic rings. The molecule has 5 nitrogen and oxygen atoms in total. The maximum atomic E-state index is 11.7. The van der Waals surface area contributed by atoms with Crippen LogP contribution in [0.3, 0.4) is 0 Å². The van der Waals surface area contributed by atoms with Crippen molar-refractivity contribution in [2.24, 2.45) is 0 Å². The first-order valence-corrected chi connectivity index (χ1v) is 6.54. The van der Waals surface area contributed by atoms with Crippen molar-refractivity contribution < 1.29 is 14.6 Å². The van der Waals surface area contributed by atoms with Crippen molar-refractivity contribution in [3.8, 4) is 5.75 Å². The highest BCUT2D eigenvalue weighted by molar-refractivity contribution is 5.77. The van der Waals surface area contributed by atoms with Gasteiger partial charge < -0.3 is 20.9 Å². The number of nitrogens with two attached hydrogens (primary N) is 1. The molecule has 2 rings (SSSR count). The number of nitrogen functional groups attached to an aromatic ring is 1. The molecule has 0 aromatic heterocycles. The van der Waals surface area contributed by atoms with Gasteiger partial charge in [0.25, 0.3) is 0 Å². The van der Waals surface area contributed by atoms with Gasteiger partial charge in [-0.15, -0.1) is 0 Å². The molecule has 1 aromatic rings. The Morgan fingerprint density at radius 1 is 1.47 bits per heavy atom. The van der Waals surface area contributed by atoms with Gasteiger partial charge in [-0.3, -0.25) is 4.79 Å². The molecular formula is C14H20N2O3. The van der Waals surface area contributed by atoms with Crippen LogP contribution in [0.2, 0.25) is 0 Å². The lowest BCUT2D eigenvalue weighted by atomic mass is 9.77. The summed E-state index contributed by atoms with van der Waals surface area (Å²) in [4.78, 5) is 11.7. The second-order valence-corrected chi connectivity index (χ2v) is 5.01. The molecule has 104 valence electrons. The predicted molar refractivity (Wildman–Crippen MR) is 72.8 cm³/mol. The van der Waals surface area contributed by atoms with Gasteiger partial charge in [0.1, 0.15) is 5.75 Å². The highest BCUT2D eigenvalue weighted by Crippen LogP contribution is 2.31. The van der Waals surface area contributed by atoms with Crippen LogP contribution in [0, 0.1) is 0 Å². The zero-order chi connectivity index (χ0) is 13.7. The highest BCUT2D eigenvalue weighted by Gasteiger charge is 2.37. The molecule has 0 saturated heterocycles. The fraction of sp³-hybridized carbons (Fsp3) is 0.500. The van der Waals surface area contributed by atoms with Gasteiger partial charge in [0.2, 0.25) is 5.91 Å². The first-order chi connectivity index (χ1) is 9.13. The number of aliphatic hydroxyl groups is 1. The minimum Gasteiger partial charge on any atom is -0.493 e. The van der Waals surface area contributed by atoms with Crippen molar-refractivity contribution in [2.75, 3.05) is 18.9 Å². The molecule has 0 aliphatic heterocycles. The van der Waals surface area contributed by atoms with Crippen molar-refractivity contribution in [1.82, 2.24) is 5.32 Å². The van der Waals surface area contributed by atoms with Crippen LogP contribution in [0.25, 0.3) is 0 Å². The van der Waals surface area contributed by atoms with E-state index in [2.05, 4.69) is 5.32 Å². The summed E-state index contributed by atoms with van der Waals surface area (Å²) in [5.74, 6) is 0.575. The van der Waals surface area contributed by atoms with Crippen LogP contribution in [0.15, 0.2) is 24.3 Å². The van der Waals surface area contributed by atoms with Crippen LogP contribution in [0.4, 0.5) is 5.69 Å². The van der Waals surface area contributed by atoms with E-state index in [0.717, 1.165) is 19.3 Å². The largest absolute Gasteiger partial charge is 0.493 e. The lowest BCUT2D eigenvalue weighted by Gasteiger charge is -2.40. The van der Waals surface area contributed by atoms with Crippen LogP contribution < -0.4 is 15.8 Å². The van der Waals surface area contributed by atoms with Crippen molar-refractivity contribution in [3.05, 3.63) is 24.3 Å². The lowest BCUT2D eigenvalue weighted by Crippen LogP contribution is -2.56. The third-order valence-electron chi connectivity index (χ3n) is 3.47. The number of amides is 1. The Morgan fingerprint density at radius 2 is 2.26 bits per heavy atom. The molecule has 1 saturated carbocycles. The third kappa shape index (κ3) is 3.61. The van der Waals surface area contributed by atoms with Crippen molar-refractivity contribution >= 4 is 11.6 Å². The third-order valence-corrected chi connectivity index (χ3v) is 3.47. The normalized spacial score (nSPS) is 16.5. The maximum Gasteiger partial charge on any atom is 0.223 e. The molecule has 4 N–H and O–H groups in total. The van der Waals surface area contributed by atoms with E-state index >= 15 is 0 Å². The Hall–Kier alpha value is -1.75. The van der Waals surface area contributed by atoms with Crippen molar-refractivity contribution in [1.29, 1.82) is 0 Å². The molecule has 0 heterocycles. The second-order valence-electron chi connectivity index (χ2n) is 5.01. The van der Waals surface area contributed by atoms with E-state index in [1.165, 1.54) is 0 Å². The van der Waals surface area contributed by atoms with Gasteiger partial charge in [-0.2, -0.15) is 0 Å². The Kier molecular flexibility index (Phi) is 4.27. The Morgan fingerprint density at radius 3 is 2.84 bits per heavy atom. The van der Waals surface area contributed by atoms with E-state index in [9.17, 15) is 9.90 Å². The minimum absolute atomic E-state index is 0.00875. The second kappa shape index (κ2) is 5.93. The van der Waals surface area contributed by atoms with E-state index in [1.54, 1.807) is 24.3 Å². The number of hydrogen-bond donors (Lipinski definition) is 3. The topological polar surface area (TPSA) is 84.6 Å². The Labute approximate surface area is 112 Å². The van der Waals surface area contributed by atoms with Crippen LogP contribution in [-0.2, 0) is 4.79 Å². The Balaban J connectivity index is 1.72. The lowest BCUT2D eigenvalue weighted by molar-refractivity contribution is -0.125. The molecule has 0 bridgehead atoms. The fourth-order valence-corrected chi connectivity index (χ4v) is 2.15. The van der Waals surface area contributed by atoms with Crippen LogP contribution >= 0.6 is 0 Å². The summed E-state index contributed by atoms with van der Waals surface area (Å²) in [6, 6.07) is 7.11. The predicted octanol–water partition coefficient (Wildman–Crippen LogP) is 1.07. The number of nitrogens with one attached hydrogen (secondary N) is 1. The van der Waals surface area contributed by atoms with Gasteiger partial charge in [0, 0.05) is 11.8 Å². The van der Waals surface area contributed by atoms with E-state index in [1.807, 2.05) is 0 Å². The highest BCUT2D eigenvalue weighted by atomic mass is 16.5. The number of carbonyl (C=O) groups is 1. The molecule has 0 radical (unpaired) electrons. The van der Waals surface area contributed by atoms with Gasteiger partial charge in [-0.05, 0) is 31.4 Å². The van der Waals surface area contributed by atoms with E-state index in [0.29, 0.717) is 18.0 Å². The Bertz CT molecular complexity index is 439. The molecule has 1 aromatic carbocycles. The van der Waals surface area contributed by atoms with E-state index in [4.69, 9.17) is 10.5 Å². The van der Waals surface area contributed by atoms with Crippen LogP contribution in [0.1, 0.15) is 25.7 Å². The molecule has 0 spiro atoms. The molecule has 1 amide bonds. The summed E-state index contributed by atoms with van der Waals surface area (Å²) in [6.07, 6.45) is 3.04. The van der Waals surface area contributed by atoms with Crippen molar-refractivity contribution in [2.45, 2.75) is 31.2 Å². The summed E-state index contributed by atoms with van der Waals surface area (Å²) >= 11 is 0. The summed E-state index contributed by atoms with van der Waals surface area (Å²) in [7, 11) is 0. The molecule has 19 heavy (non-hydrogen) atoms. The molecule has 0 atom stereocenters. The average Bonchev–Trinajstić information content (AvgIpc) is 2.34.